The number of nitrogens with one attached hydrogen (secondary N) is 1. The quantitative estimate of drug-likeness (QED) is 0.589. The van der Waals surface area contributed by atoms with Crippen molar-refractivity contribution in [2.24, 2.45) is 5.73 Å². The molecule has 0 aliphatic carbocycles. The summed E-state index contributed by atoms with van der Waals surface area (Å²) in [4.78, 5) is 21.9. The zero-order chi connectivity index (χ0) is 12.1. The fraction of sp³-hybridized carbons (Fsp3) is 0.800. The van der Waals surface area contributed by atoms with Crippen molar-refractivity contribution < 1.29 is 19.4 Å². The predicted octanol–water partition coefficient (Wildman–Crippen LogP) is -0.528. The number of rotatable bonds is 5. The van der Waals surface area contributed by atoms with Gasteiger partial charge in [-0.3, -0.25) is 4.79 Å². The Balaban J connectivity index is 2.25. The molecule has 0 aromatic heterocycles. The minimum Gasteiger partial charge on any atom is -0.479 e. The van der Waals surface area contributed by atoms with Gasteiger partial charge in [0.1, 0.15) is 0 Å². The second kappa shape index (κ2) is 5.81. The summed E-state index contributed by atoms with van der Waals surface area (Å²) in [6, 6.07) is -0.503. The van der Waals surface area contributed by atoms with Crippen LogP contribution in [-0.4, -0.2) is 41.8 Å². The molecule has 3 atom stereocenters. The number of nitrogens with two attached hydrogens (primary N) is 1. The highest BCUT2D eigenvalue weighted by Crippen LogP contribution is 2.19. The van der Waals surface area contributed by atoms with Gasteiger partial charge in [0.25, 0.3) is 0 Å². The molecule has 0 bridgehead atoms. The lowest BCUT2D eigenvalue weighted by molar-refractivity contribution is -0.149. The molecule has 6 heteroatoms. The largest absolute Gasteiger partial charge is 0.479 e. The number of ether oxygens (including phenoxy) is 1. The molecule has 1 heterocycles. The molecule has 1 aliphatic heterocycles. The molecule has 0 spiro atoms. The van der Waals surface area contributed by atoms with E-state index in [1.807, 2.05) is 6.92 Å². The molecule has 0 aromatic carbocycles. The Labute approximate surface area is 94.1 Å². The molecule has 0 radical (unpaired) electrons. The van der Waals surface area contributed by atoms with E-state index in [0.717, 1.165) is 0 Å². The molecular weight excluding hydrogens is 212 g/mol. The number of hydrogen-bond acceptors (Lipinski definition) is 4. The summed E-state index contributed by atoms with van der Waals surface area (Å²) in [5.74, 6) is -1.16. The third-order valence-corrected chi connectivity index (χ3v) is 2.66. The predicted molar refractivity (Wildman–Crippen MR) is 56.8 cm³/mol. The van der Waals surface area contributed by atoms with E-state index in [2.05, 4.69) is 5.32 Å². The summed E-state index contributed by atoms with van der Waals surface area (Å²) >= 11 is 0. The van der Waals surface area contributed by atoms with Gasteiger partial charge >= 0.3 is 5.97 Å². The van der Waals surface area contributed by atoms with Gasteiger partial charge in [-0.05, 0) is 19.3 Å². The number of carbonyl (C=O) groups excluding carboxylic acids is 1. The van der Waals surface area contributed by atoms with Crippen LogP contribution in [0.15, 0.2) is 0 Å². The molecule has 92 valence electrons. The van der Waals surface area contributed by atoms with Gasteiger partial charge in [0.15, 0.2) is 6.10 Å². The van der Waals surface area contributed by atoms with E-state index in [0.29, 0.717) is 25.8 Å². The van der Waals surface area contributed by atoms with E-state index in [1.165, 1.54) is 0 Å². The maximum atomic E-state index is 11.3. The lowest BCUT2D eigenvalue weighted by Gasteiger charge is -2.14. The van der Waals surface area contributed by atoms with E-state index in [4.69, 9.17) is 15.6 Å². The van der Waals surface area contributed by atoms with Gasteiger partial charge in [-0.25, -0.2) is 4.79 Å². The molecule has 1 amide bonds. The van der Waals surface area contributed by atoms with Crippen molar-refractivity contribution in [1.29, 1.82) is 0 Å². The van der Waals surface area contributed by atoms with Crippen LogP contribution in [0.3, 0.4) is 0 Å². The van der Waals surface area contributed by atoms with Crippen LogP contribution in [0.5, 0.6) is 0 Å². The van der Waals surface area contributed by atoms with Crippen molar-refractivity contribution >= 4 is 11.9 Å². The van der Waals surface area contributed by atoms with Gasteiger partial charge in [0, 0.05) is 6.54 Å². The number of carbonyl (C=O) groups is 2. The smallest absolute Gasteiger partial charge is 0.332 e. The summed E-state index contributed by atoms with van der Waals surface area (Å²) in [6.45, 7) is 2.16. The van der Waals surface area contributed by atoms with Crippen molar-refractivity contribution in [2.75, 3.05) is 6.54 Å². The minimum atomic E-state index is -0.945. The molecule has 1 fully saturated rings. The summed E-state index contributed by atoms with van der Waals surface area (Å²) in [5.41, 5.74) is 5.53. The van der Waals surface area contributed by atoms with E-state index in [-0.39, 0.29) is 12.0 Å². The van der Waals surface area contributed by atoms with Gasteiger partial charge in [-0.1, -0.05) is 6.92 Å². The number of carboxylic acid groups (broad SMARTS) is 1. The van der Waals surface area contributed by atoms with E-state index >= 15 is 0 Å². The first-order valence-corrected chi connectivity index (χ1v) is 5.46. The summed E-state index contributed by atoms with van der Waals surface area (Å²) in [7, 11) is 0. The highest BCUT2D eigenvalue weighted by atomic mass is 16.5. The standard InChI is InChI=1S/C10H18N2O4/c1-2-7(11)9(13)12-5-6-3-4-8(16-6)10(14)15/h6-8H,2-5,11H2,1H3,(H,12,13)(H,14,15)/t6?,7-,8?/m1/s1. The SMILES string of the molecule is CC[C@@H](N)C(=O)NCC1CCC(C(=O)O)O1. The van der Waals surface area contributed by atoms with E-state index in [1.54, 1.807) is 0 Å². The van der Waals surface area contributed by atoms with Gasteiger partial charge in [-0.2, -0.15) is 0 Å². The van der Waals surface area contributed by atoms with Gasteiger partial charge in [0.05, 0.1) is 12.1 Å². The molecule has 4 N–H and O–H groups in total. The monoisotopic (exact) mass is 230 g/mol. The highest BCUT2D eigenvalue weighted by Gasteiger charge is 2.30. The fourth-order valence-corrected chi connectivity index (χ4v) is 1.57. The van der Waals surface area contributed by atoms with Crippen LogP contribution in [-0.2, 0) is 14.3 Å². The van der Waals surface area contributed by atoms with Crippen LogP contribution in [0.4, 0.5) is 0 Å². The topological polar surface area (TPSA) is 102 Å². The average molecular weight is 230 g/mol. The molecule has 1 saturated heterocycles. The van der Waals surface area contributed by atoms with Crippen LogP contribution < -0.4 is 11.1 Å². The van der Waals surface area contributed by atoms with Gasteiger partial charge in [0.2, 0.25) is 5.91 Å². The first-order valence-electron chi connectivity index (χ1n) is 5.46. The van der Waals surface area contributed by atoms with Crippen LogP contribution in [0.25, 0.3) is 0 Å². The van der Waals surface area contributed by atoms with Crippen LogP contribution in [0.2, 0.25) is 0 Å². The summed E-state index contributed by atoms with van der Waals surface area (Å²) in [5, 5.41) is 11.4. The Hall–Kier alpha value is -1.14. The van der Waals surface area contributed by atoms with Gasteiger partial charge < -0.3 is 20.9 Å². The van der Waals surface area contributed by atoms with Crippen molar-refractivity contribution in [3.05, 3.63) is 0 Å². The minimum absolute atomic E-state index is 0.214. The third-order valence-electron chi connectivity index (χ3n) is 2.66. The lowest BCUT2D eigenvalue weighted by Crippen LogP contribution is -2.43. The summed E-state index contributed by atoms with van der Waals surface area (Å²) < 4.78 is 5.23. The second-order valence-electron chi connectivity index (χ2n) is 3.92. The Morgan fingerprint density at radius 3 is 2.75 bits per heavy atom. The molecule has 0 aromatic rings. The van der Waals surface area contributed by atoms with Crippen LogP contribution in [0.1, 0.15) is 26.2 Å². The number of hydrogen-bond donors (Lipinski definition) is 3. The molecular formula is C10H18N2O4. The third kappa shape index (κ3) is 3.46. The Kier molecular flexibility index (Phi) is 4.70. The Morgan fingerprint density at radius 1 is 1.56 bits per heavy atom. The average Bonchev–Trinajstić information content (AvgIpc) is 2.73. The molecule has 6 nitrogen and oxygen atoms in total. The zero-order valence-electron chi connectivity index (χ0n) is 9.31. The fourth-order valence-electron chi connectivity index (χ4n) is 1.57. The van der Waals surface area contributed by atoms with Crippen molar-refractivity contribution in [3.8, 4) is 0 Å². The van der Waals surface area contributed by atoms with Crippen molar-refractivity contribution in [3.63, 3.8) is 0 Å². The number of aliphatic carboxylic acids is 1. The normalized spacial score (nSPS) is 26.4. The zero-order valence-corrected chi connectivity index (χ0v) is 9.31. The first kappa shape index (κ1) is 12.9. The van der Waals surface area contributed by atoms with E-state index in [9.17, 15) is 9.59 Å². The molecule has 1 aliphatic rings. The number of amides is 1. The highest BCUT2D eigenvalue weighted by molar-refractivity contribution is 5.81. The van der Waals surface area contributed by atoms with Crippen LogP contribution in [0, 0.1) is 0 Å². The van der Waals surface area contributed by atoms with Crippen molar-refractivity contribution in [2.45, 2.75) is 44.4 Å². The number of carboxylic acids is 1. The van der Waals surface area contributed by atoms with E-state index < -0.39 is 18.1 Å². The first-order chi connectivity index (χ1) is 7.54. The maximum Gasteiger partial charge on any atom is 0.332 e. The lowest BCUT2D eigenvalue weighted by atomic mass is 10.2. The van der Waals surface area contributed by atoms with Gasteiger partial charge in [-0.15, -0.1) is 0 Å². The second-order valence-corrected chi connectivity index (χ2v) is 3.92. The van der Waals surface area contributed by atoms with Crippen molar-refractivity contribution in [1.82, 2.24) is 5.32 Å². The Bertz CT molecular complexity index is 270. The molecule has 0 saturated carbocycles. The molecule has 2 unspecified atom stereocenters. The molecule has 16 heavy (non-hydrogen) atoms. The summed E-state index contributed by atoms with van der Waals surface area (Å²) in [6.07, 6.45) is 0.777. The molecule has 1 rings (SSSR count). The Morgan fingerprint density at radius 2 is 2.25 bits per heavy atom. The maximum absolute atomic E-state index is 11.3. The van der Waals surface area contributed by atoms with Crippen LogP contribution >= 0.6 is 0 Å².